The molecule has 0 bridgehead atoms. The van der Waals surface area contributed by atoms with Gasteiger partial charge in [-0.3, -0.25) is 9.78 Å². The molecule has 1 amide bonds. The molecular weight excluding hydrogens is 158 g/mol. The number of nitrogens with zero attached hydrogens (tertiary/aromatic N) is 1. The molecule has 5 nitrogen and oxygen atoms in total. The number of rotatable bonds is 2. The van der Waals surface area contributed by atoms with Crippen molar-refractivity contribution in [1.29, 1.82) is 0 Å². The lowest BCUT2D eigenvalue weighted by Gasteiger charge is -2.04. The van der Waals surface area contributed by atoms with Gasteiger partial charge in [0.1, 0.15) is 0 Å². The standard InChI is InChI=1S/C7H9N3O2/c8-4-1-2-5(10-3-4)6(11)7(9)12/h1-3,6,11H,8H2,(H2,9,12). The van der Waals surface area contributed by atoms with Crippen molar-refractivity contribution in [3.8, 4) is 0 Å². The third-order valence-corrected chi connectivity index (χ3v) is 1.36. The number of aliphatic hydroxyl groups is 1. The number of hydrogen-bond acceptors (Lipinski definition) is 4. The molecular formula is C7H9N3O2. The first-order valence-corrected chi connectivity index (χ1v) is 3.30. The predicted octanol–water partition coefficient (Wildman–Crippen LogP) is -0.818. The van der Waals surface area contributed by atoms with Crippen LogP contribution in [0.3, 0.4) is 0 Å². The van der Waals surface area contributed by atoms with Crippen molar-refractivity contribution in [3.05, 3.63) is 24.0 Å². The number of hydrogen-bond donors (Lipinski definition) is 3. The molecule has 64 valence electrons. The summed E-state index contributed by atoms with van der Waals surface area (Å²) in [5.41, 5.74) is 10.9. The van der Waals surface area contributed by atoms with Gasteiger partial charge in [0, 0.05) is 0 Å². The van der Waals surface area contributed by atoms with E-state index in [1.807, 2.05) is 0 Å². The Hall–Kier alpha value is -1.62. The maximum atomic E-state index is 10.5. The molecule has 0 aliphatic rings. The highest BCUT2D eigenvalue weighted by Crippen LogP contribution is 2.09. The van der Waals surface area contributed by atoms with Crippen molar-refractivity contribution in [2.45, 2.75) is 6.10 Å². The van der Waals surface area contributed by atoms with Crippen LogP contribution in [0.25, 0.3) is 0 Å². The summed E-state index contributed by atoms with van der Waals surface area (Å²) < 4.78 is 0. The Morgan fingerprint density at radius 3 is 2.67 bits per heavy atom. The van der Waals surface area contributed by atoms with E-state index in [4.69, 9.17) is 16.6 Å². The van der Waals surface area contributed by atoms with Crippen LogP contribution in [0.5, 0.6) is 0 Å². The monoisotopic (exact) mass is 167 g/mol. The first kappa shape index (κ1) is 8.48. The minimum absolute atomic E-state index is 0.205. The van der Waals surface area contributed by atoms with Crippen molar-refractivity contribution in [3.63, 3.8) is 0 Å². The average molecular weight is 167 g/mol. The zero-order valence-electron chi connectivity index (χ0n) is 6.27. The fourth-order valence-electron chi connectivity index (χ4n) is 0.724. The largest absolute Gasteiger partial charge is 0.397 e. The van der Waals surface area contributed by atoms with E-state index in [1.54, 1.807) is 0 Å². The van der Waals surface area contributed by atoms with Gasteiger partial charge in [-0.2, -0.15) is 0 Å². The van der Waals surface area contributed by atoms with Gasteiger partial charge in [-0.25, -0.2) is 0 Å². The quantitative estimate of drug-likeness (QED) is 0.535. The predicted molar refractivity (Wildman–Crippen MR) is 42.8 cm³/mol. The second kappa shape index (κ2) is 3.19. The second-order valence-corrected chi connectivity index (χ2v) is 2.32. The van der Waals surface area contributed by atoms with E-state index in [-0.39, 0.29) is 5.69 Å². The first-order valence-electron chi connectivity index (χ1n) is 3.30. The van der Waals surface area contributed by atoms with Gasteiger partial charge in [-0.1, -0.05) is 0 Å². The number of aromatic nitrogens is 1. The molecule has 0 aromatic carbocycles. The molecule has 0 aliphatic carbocycles. The summed E-state index contributed by atoms with van der Waals surface area (Å²) in [6.07, 6.45) is -0.00722. The summed E-state index contributed by atoms with van der Waals surface area (Å²) in [6, 6.07) is 2.99. The summed E-state index contributed by atoms with van der Waals surface area (Å²) >= 11 is 0. The highest BCUT2D eigenvalue weighted by Gasteiger charge is 2.14. The van der Waals surface area contributed by atoms with Gasteiger partial charge in [0.2, 0.25) is 0 Å². The van der Waals surface area contributed by atoms with E-state index in [1.165, 1.54) is 18.3 Å². The normalized spacial score (nSPS) is 12.4. The van der Waals surface area contributed by atoms with Crippen molar-refractivity contribution in [1.82, 2.24) is 4.98 Å². The molecule has 0 spiro atoms. The van der Waals surface area contributed by atoms with Crippen LogP contribution in [0.4, 0.5) is 5.69 Å². The van der Waals surface area contributed by atoms with Crippen LogP contribution in [0.15, 0.2) is 18.3 Å². The van der Waals surface area contributed by atoms with Gasteiger partial charge in [0.15, 0.2) is 6.10 Å². The van der Waals surface area contributed by atoms with Crippen LogP contribution in [0.2, 0.25) is 0 Å². The molecule has 0 radical (unpaired) electrons. The topological polar surface area (TPSA) is 102 Å². The zero-order chi connectivity index (χ0) is 9.14. The highest BCUT2D eigenvalue weighted by atomic mass is 16.3. The Bertz CT molecular complexity index is 283. The van der Waals surface area contributed by atoms with Gasteiger partial charge in [-0.15, -0.1) is 0 Å². The van der Waals surface area contributed by atoms with Crippen LogP contribution < -0.4 is 11.5 Å². The number of pyridine rings is 1. The highest BCUT2D eigenvalue weighted by molar-refractivity contribution is 5.79. The number of nitrogens with two attached hydrogens (primary N) is 2. The van der Waals surface area contributed by atoms with Crippen LogP contribution in [-0.4, -0.2) is 16.0 Å². The molecule has 1 atom stereocenters. The third-order valence-electron chi connectivity index (χ3n) is 1.36. The van der Waals surface area contributed by atoms with E-state index < -0.39 is 12.0 Å². The fourth-order valence-corrected chi connectivity index (χ4v) is 0.724. The van der Waals surface area contributed by atoms with E-state index in [9.17, 15) is 4.79 Å². The van der Waals surface area contributed by atoms with Gasteiger partial charge < -0.3 is 16.6 Å². The van der Waals surface area contributed by atoms with Crippen molar-refractivity contribution in [2.24, 2.45) is 5.73 Å². The molecule has 0 fully saturated rings. The van der Waals surface area contributed by atoms with E-state index in [2.05, 4.69) is 4.98 Å². The van der Waals surface area contributed by atoms with Gasteiger partial charge >= 0.3 is 0 Å². The summed E-state index contributed by atoms with van der Waals surface area (Å²) in [5.74, 6) is -0.827. The minimum atomic E-state index is -1.36. The molecule has 0 aliphatic heterocycles. The molecule has 0 saturated heterocycles. The molecule has 5 heteroatoms. The molecule has 1 unspecified atom stereocenters. The van der Waals surface area contributed by atoms with Crippen LogP contribution in [0.1, 0.15) is 11.8 Å². The Labute approximate surface area is 69.0 Å². The zero-order valence-corrected chi connectivity index (χ0v) is 6.27. The molecule has 1 rings (SSSR count). The molecule has 1 aromatic heterocycles. The molecule has 1 heterocycles. The maximum absolute atomic E-state index is 10.5. The summed E-state index contributed by atoms with van der Waals surface area (Å²) in [6.45, 7) is 0. The number of carbonyl (C=O) groups is 1. The number of anilines is 1. The number of amides is 1. The molecule has 1 aromatic rings. The van der Waals surface area contributed by atoms with Crippen LogP contribution in [0, 0.1) is 0 Å². The number of aliphatic hydroxyl groups excluding tert-OH is 1. The Kier molecular flexibility index (Phi) is 2.25. The van der Waals surface area contributed by atoms with Gasteiger partial charge in [-0.05, 0) is 12.1 Å². The lowest BCUT2D eigenvalue weighted by Crippen LogP contribution is -2.21. The molecule has 0 saturated carbocycles. The number of primary amides is 1. The number of nitrogen functional groups attached to an aromatic ring is 1. The van der Waals surface area contributed by atoms with Crippen molar-refractivity contribution in [2.75, 3.05) is 5.73 Å². The smallest absolute Gasteiger partial charge is 0.252 e. The summed E-state index contributed by atoms with van der Waals surface area (Å²) in [4.78, 5) is 14.2. The first-order chi connectivity index (χ1) is 5.61. The van der Waals surface area contributed by atoms with Crippen LogP contribution in [-0.2, 0) is 4.79 Å². The second-order valence-electron chi connectivity index (χ2n) is 2.32. The summed E-state index contributed by atoms with van der Waals surface area (Å²) in [7, 11) is 0. The lowest BCUT2D eigenvalue weighted by molar-refractivity contribution is -0.126. The Morgan fingerprint density at radius 1 is 1.58 bits per heavy atom. The molecule has 12 heavy (non-hydrogen) atoms. The Morgan fingerprint density at radius 2 is 2.25 bits per heavy atom. The minimum Gasteiger partial charge on any atom is -0.397 e. The lowest BCUT2D eigenvalue weighted by atomic mass is 10.2. The average Bonchev–Trinajstić information content (AvgIpc) is 2.04. The van der Waals surface area contributed by atoms with E-state index in [0.29, 0.717) is 5.69 Å². The molecule has 5 N–H and O–H groups in total. The van der Waals surface area contributed by atoms with Gasteiger partial charge in [0.25, 0.3) is 5.91 Å². The maximum Gasteiger partial charge on any atom is 0.252 e. The van der Waals surface area contributed by atoms with Crippen molar-refractivity contribution >= 4 is 11.6 Å². The SMILES string of the molecule is NC(=O)C(O)c1ccc(N)cn1. The van der Waals surface area contributed by atoms with E-state index in [0.717, 1.165) is 0 Å². The number of carbonyl (C=O) groups excluding carboxylic acids is 1. The summed E-state index contributed by atoms with van der Waals surface area (Å²) in [5, 5.41) is 9.11. The van der Waals surface area contributed by atoms with Crippen LogP contribution >= 0.6 is 0 Å². The third kappa shape index (κ3) is 1.70. The van der Waals surface area contributed by atoms with Crippen molar-refractivity contribution < 1.29 is 9.90 Å². The fraction of sp³-hybridized carbons (Fsp3) is 0.143. The Balaban J connectivity index is 2.89. The van der Waals surface area contributed by atoms with Gasteiger partial charge in [0.05, 0.1) is 17.6 Å². The van der Waals surface area contributed by atoms with E-state index >= 15 is 0 Å².